The molecule has 5 heteroatoms. The molecule has 0 unspecified atom stereocenters. The fraction of sp³-hybridized carbons (Fsp3) is 0.0667. The third-order valence-electron chi connectivity index (χ3n) is 3.05. The van der Waals surface area contributed by atoms with Crippen molar-refractivity contribution < 1.29 is 14.3 Å². The number of benzene rings is 1. The highest BCUT2D eigenvalue weighted by atomic mass is 19.1. The molecule has 0 aliphatic carbocycles. The molecule has 0 saturated heterocycles. The van der Waals surface area contributed by atoms with Crippen molar-refractivity contribution >= 4 is 11.5 Å². The van der Waals surface area contributed by atoms with Gasteiger partial charge in [-0.1, -0.05) is 6.07 Å². The van der Waals surface area contributed by atoms with Gasteiger partial charge in [-0.25, -0.2) is 9.37 Å². The average molecular weight is 270 g/mol. The summed E-state index contributed by atoms with van der Waals surface area (Å²) < 4.78 is 14.8. The summed E-state index contributed by atoms with van der Waals surface area (Å²) in [6, 6.07) is 11.5. The van der Waals surface area contributed by atoms with Crippen LogP contribution in [0.1, 0.15) is 5.69 Å². The van der Waals surface area contributed by atoms with E-state index in [9.17, 15) is 9.18 Å². The van der Waals surface area contributed by atoms with Crippen molar-refractivity contribution in [2.24, 2.45) is 0 Å². The molecule has 100 valence electrons. The van der Waals surface area contributed by atoms with Gasteiger partial charge in [0.2, 0.25) is 0 Å². The number of hydrogen-bond donors (Lipinski definition) is 1. The van der Waals surface area contributed by atoms with E-state index in [1.807, 2.05) is 28.8 Å². The van der Waals surface area contributed by atoms with Crippen molar-refractivity contribution in [3.8, 4) is 11.4 Å². The molecular weight excluding hydrogens is 259 g/mol. The number of nitrogens with zero attached hydrogens (tertiary/aromatic N) is 2. The molecule has 4 nitrogen and oxygen atoms in total. The van der Waals surface area contributed by atoms with E-state index in [1.54, 1.807) is 12.1 Å². The van der Waals surface area contributed by atoms with Gasteiger partial charge in [-0.2, -0.15) is 0 Å². The van der Waals surface area contributed by atoms with Crippen LogP contribution in [0.25, 0.3) is 16.9 Å². The van der Waals surface area contributed by atoms with Gasteiger partial charge in [0.05, 0.1) is 17.6 Å². The minimum absolute atomic E-state index is 0.144. The van der Waals surface area contributed by atoms with E-state index in [1.165, 1.54) is 12.1 Å². The van der Waals surface area contributed by atoms with Crippen LogP contribution in [0.3, 0.4) is 0 Å². The minimum Gasteiger partial charge on any atom is -0.481 e. The van der Waals surface area contributed by atoms with Gasteiger partial charge in [-0.05, 0) is 36.4 Å². The van der Waals surface area contributed by atoms with E-state index in [2.05, 4.69) is 4.98 Å². The average Bonchev–Trinajstić information content (AvgIpc) is 2.78. The fourth-order valence-corrected chi connectivity index (χ4v) is 2.18. The summed E-state index contributed by atoms with van der Waals surface area (Å²) >= 11 is 0. The molecule has 0 bridgehead atoms. The molecule has 2 heterocycles. The van der Waals surface area contributed by atoms with Gasteiger partial charge in [-0.3, -0.25) is 9.20 Å². The molecule has 0 spiro atoms. The lowest BCUT2D eigenvalue weighted by Crippen LogP contribution is -2.00. The zero-order chi connectivity index (χ0) is 14.1. The predicted molar refractivity (Wildman–Crippen MR) is 71.9 cm³/mol. The van der Waals surface area contributed by atoms with Crippen LogP contribution in [0.5, 0.6) is 0 Å². The van der Waals surface area contributed by atoms with E-state index in [0.29, 0.717) is 11.5 Å². The lowest BCUT2D eigenvalue weighted by atomic mass is 10.2. The van der Waals surface area contributed by atoms with Gasteiger partial charge in [0, 0.05) is 11.8 Å². The Balaban J connectivity index is 2.20. The summed E-state index contributed by atoms with van der Waals surface area (Å²) in [5.41, 5.74) is 1.98. The number of aromatic nitrogens is 2. The monoisotopic (exact) mass is 270 g/mol. The molecule has 3 rings (SSSR count). The van der Waals surface area contributed by atoms with Crippen LogP contribution in [0.4, 0.5) is 4.39 Å². The molecule has 20 heavy (non-hydrogen) atoms. The second-order valence-corrected chi connectivity index (χ2v) is 4.42. The smallest absolute Gasteiger partial charge is 0.309 e. The second kappa shape index (κ2) is 4.77. The Labute approximate surface area is 114 Å². The zero-order valence-corrected chi connectivity index (χ0v) is 10.5. The van der Waals surface area contributed by atoms with Crippen LogP contribution < -0.4 is 0 Å². The lowest BCUT2D eigenvalue weighted by molar-refractivity contribution is -0.136. The molecule has 0 saturated carbocycles. The first-order chi connectivity index (χ1) is 9.65. The van der Waals surface area contributed by atoms with Crippen molar-refractivity contribution in [2.75, 3.05) is 0 Å². The quantitative estimate of drug-likeness (QED) is 0.796. The Bertz CT molecular complexity index is 778. The van der Waals surface area contributed by atoms with Crippen LogP contribution in [-0.2, 0) is 11.2 Å². The zero-order valence-electron chi connectivity index (χ0n) is 10.5. The molecule has 1 N–H and O–H groups in total. The van der Waals surface area contributed by atoms with Crippen molar-refractivity contribution in [2.45, 2.75) is 6.42 Å². The normalized spacial score (nSPS) is 10.8. The standard InChI is InChI=1S/C15H11FN2O2/c16-11-6-4-10(5-7-11)15-17-12(9-14(19)20)13-3-1-2-8-18(13)15/h1-8H,9H2,(H,19,20). The number of imidazole rings is 1. The molecule has 0 amide bonds. The van der Waals surface area contributed by atoms with E-state index in [0.717, 1.165) is 11.1 Å². The second-order valence-electron chi connectivity index (χ2n) is 4.42. The van der Waals surface area contributed by atoms with Gasteiger partial charge in [0.15, 0.2) is 0 Å². The third-order valence-corrected chi connectivity index (χ3v) is 3.05. The number of aliphatic carboxylic acids is 1. The van der Waals surface area contributed by atoms with Crippen molar-refractivity contribution in [1.29, 1.82) is 0 Å². The van der Waals surface area contributed by atoms with Crippen LogP contribution in [-0.4, -0.2) is 20.5 Å². The maximum atomic E-state index is 13.0. The first-order valence-electron chi connectivity index (χ1n) is 6.09. The van der Waals surface area contributed by atoms with Crippen molar-refractivity contribution in [3.05, 3.63) is 60.2 Å². The Morgan fingerprint density at radius 1 is 1.20 bits per heavy atom. The largest absolute Gasteiger partial charge is 0.481 e. The molecule has 0 aliphatic rings. The van der Waals surface area contributed by atoms with Gasteiger partial charge in [0.25, 0.3) is 0 Å². The van der Waals surface area contributed by atoms with E-state index < -0.39 is 5.97 Å². The number of hydrogen-bond acceptors (Lipinski definition) is 2. The maximum absolute atomic E-state index is 13.0. The summed E-state index contributed by atoms with van der Waals surface area (Å²) in [5, 5.41) is 8.94. The summed E-state index contributed by atoms with van der Waals surface area (Å²) in [4.78, 5) is 15.3. The molecule has 2 aromatic heterocycles. The summed E-state index contributed by atoms with van der Waals surface area (Å²) in [6.07, 6.45) is 1.67. The Morgan fingerprint density at radius 3 is 2.65 bits per heavy atom. The molecule has 0 atom stereocenters. The summed E-state index contributed by atoms with van der Waals surface area (Å²) in [7, 11) is 0. The molecule has 0 radical (unpaired) electrons. The van der Waals surface area contributed by atoms with Gasteiger partial charge < -0.3 is 5.11 Å². The maximum Gasteiger partial charge on any atom is 0.309 e. The topological polar surface area (TPSA) is 54.6 Å². The SMILES string of the molecule is O=C(O)Cc1nc(-c2ccc(F)cc2)n2ccccc12. The Morgan fingerprint density at radius 2 is 1.95 bits per heavy atom. The van der Waals surface area contributed by atoms with Gasteiger partial charge >= 0.3 is 5.97 Å². The number of halogens is 1. The third kappa shape index (κ3) is 2.14. The number of fused-ring (bicyclic) bond motifs is 1. The van der Waals surface area contributed by atoms with Crippen LogP contribution >= 0.6 is 0 Å². The molecule has 0 aliphatic heterocycles. The molecule has 0 fully saturated rings. The lowest BCUT2D eigenvalue weighted by Gasteiger charge is -2.00. The highest BCUT2D eigenvalue weighted by Crippen LogP contribution is 2.23. The van der Waals surface area contributed by atoms with Gasteiger partial charge in [0.1, 0.15) is 11.6 Å². The first kappa shape index (κ1) is 12.3. The van der Waals surface area contributed by atoms with E-state index in [-0.39, 0.29) is 12.2 Å². The number of carbonyl (C=O) groups is 1. The Kier molecular flexibility index (Phi) is 2.95. The minimum atomic E-state index is -0.931. The van der Waals surface area contributed by atoms with Crippen LogP contribution in [0.2, 0.25) is 0 Å². The number of pyridine rings is 1. The van der Waals surface area contributed by atoms with Crippen molar-refractivity contribution in [1.82, 2.24) is 9.38 Å². The molecule has 1 aromatic carbocycles. The van der Waals surface area contributed by atoms with Crippen LogP contribution in [0.15, 0.2) is 48.7 Å². The fourth-order valence-electron chi connectivity index (χ4n) is 2.18. The Hall–Kier alpha value is -2.69. The van der Waals surface area contributed by atoms with E-state index >= 15 is 0 Å². The number of rotatable bonds is 3. The molecule has 3 aromatic rings. The van der Waals surface area contributed by atoms with Crippen LogP contribution in [0, 0.1) is 5.82 Å². The summed E-state index contributed by atoms with van der Waals surface area (Å²) in [5.74, 6) is -0.642. The predicted octanol–water partition coefficient (Wildman–Crippen LogP) is 2.77. The van der Waals surface area contributed by atoms with Crippen molar-refractivity contribution in [3.63, 3.8) is 0 Å². The number of carboxylic acids is 1. The number of carboxylic acid groups (broad SMARTS) is 1. The van der Waals surface area contributed by atoms with Gasteiger partial charge in [-0.15, -0.1) is 0 Å². The highest BCUT2D eigenvalue weighted by molar-refractivity contribution is 5.75. The highest BCUT2D eigenvalue weighted by Gasteiger charge is 2.14. The first-order valence-corrected chi connectivity index (χ1v) is 6.09. The molecular formula is C15H11FN2O2. The summed E-state index contributed by atoms with van der Waals surface area (Å²) in [6.45, 7) is 0. The van der Waals surface area contributed by atoms with E-state index in [4.69, 9.17) is 5.11 Å².